The predicted octanol–water partition coefficient (Wildman–Crippen LogP) is -0.705. The van der Waals surface area contributed by atoms with Crippen LogP contribution in [0.5, 0.6) is 0 Å². The molecule has 2 heterocycles. The molecule has 4 N–H and O–H groups in total. The van der Waals surface area contributed by atoms with Gasteiger partial charge in [0.05, 0.1) is 12.7 Å². The number of hydrogen-bond acceptors (Lipinski definition) is 9. The summed E-state index contributed by atoms with van der Waals surface area (Å²) in [5.74, 6) is -1.10. The first-order chi connectivity index (χ1) is 14.2. The van der Waals surface area contributed by atoms with E-state index in [1.54, 1.807) is 0 Å². The molecule has 9 nitrogen and oxygen atoms in total. The summed E-state index contributed by atoms with van der Waals surface area (Å²) in [5.41, 5.74) is -0.0852. The molecule has 4 aliphatic rings. The minimum Gasteiger partial charge on any atom is -0.458 e. The fourth-order valence-corrected chi connectivity index (χ4v) is 5.98. The van der Waals surface area contributed by atoms with Gasteiger partial charge in [-0.3, -0.25) is 0 Å². The van der Waals surface area contributed by atoms with Crippen LogP contribution in [0, 0.1) is 23.2 Å². The van der Waals surface area contributed by atoms with Gasteiger partial charge in [0.2, 0.25) is 0 Å². The van der Waals surface area contributed by atoms with E-state index in [1.165, 1.54) is 0 Å². The van der Waals surface area contributed by atoms with E-state index in [2.05, 4.69) is 6.58 Å². The summed E-state index contributed by atoms with van der Waals surface area (Å²) in [4.78, 5) is 24.0. The van der Waals surface area contributed by atoms with Crippen molar-refractivity contribution in [3.8, 4) is 0 Å². The normalized spacial score (nSPS) is 51.1. The minimum absolute atomic E-state index is 0.121. The van der Waals surface area contributed by atoms with Gasteiger partial charge in [-0.25, -0.2) is 4.79 Å². The summed E-state index contributed by atoms with van der Waals surface area (Å²) in [6, 6.07) is 0. The highest BCUT2D eigenvalue weighted by Gasteiger charge is 2.61. The number of hydrogen-bond donors (Lipinski definition) is 4. The summed E-state index contributed by atoms with van der Waals surface area (Å²) >= 11 is 0. The smallest absolute Gasteiger partial charge is 0.334 e. The average molecular weight is 426 g/mol. The molecular weight excluding hydrogens is 396 g/mol. The maximum atomic E-state index is 12.1. The number of aliphatic hydroxyl groups excluding tert-OH is 4. The number of aliphatic hydroxyl groups is 4. The van der Waals surface area contributed by atoms with E-state index in [9.17, 15) is 30.0 Å². The third kappa shape index (κ3) is 3.23. The summed E-state index contributed by atoms with van der Waals surface area (Å²) in [7, 11) is 0. The van der Waals surface area contributed by atoms with Gasteiger partial charge in [0.15, 0.2) is 6.29 Å². The summed E-state index contributed by atoms with van der Waals surface area (Å²) in [5, 5.41) is 39.9. The highest BCUT2D eigenvalue weighted by molar-refractivity contribution is 5.91. The van der Waals surface area contributed by atoms with Crippen molar-refractivity contribution in [1.29, 1.82) is 0 Å². The molecule has 0 spiro atoms. The van der Waals surface area contributed by atoms with Gasteiger partial charge >= 0.3 is 5.97 Å². The molecule has 0 aromatic heterocycles. The van der Waals surface area contributed by atoms with Gasteiger partial charge in [0, 0.05) is 28.7 Å². The summed E-state index contributed by atoms with van der Waals surface area (Å²) in [6.45, 7) is 5.32. The molecule has 11 atom stereocenters. The Morgan fingerprint density at radius 1 is 1.20 bits per heavy atom. The van der Waals surface area contributed by atoms with Crippen LogP contribution in [0.1, 0.15) is 32.6 Å². The fourth-order valence-electron chi connectivity index (χ4n) is 5.98. The van der Waals surface area contributed by atoms with Crippen molar-refractivity contribution in [1.82, 2.24) is 0 Å². The number of carbonyl (C=O) groups is 2. The van der Waals surface area contributed by atoms with Crippen LogP contribution in [0.25, 0.3) is 0 Å². The van der Waals surface area contributed by atoms with Crippen LogP contribution in [0.3, 0.4) is 0 Å². The Hall–Kier alpha value is -1.36. The van der Waals surface area contributed by atoms with Crippen molar-refractivity contribution in [3.63, 3.8) is 0 Å². The van der Waals surface area contributed by atoms with Crippen molar-refractivity contribution < 1.29 is 44.2 Å². The molecule has 0 radical (unpaired) electrons. The Balaban J connectivity index is 1.59. The molecule has 0 bridgehead atoms. The zero-order chi connectivity index (χ0) is 21.8. The molecule has 2 saturated carbocycles. The van der Waals surface area contributed by atoms with E-state index in [1.807, 2.05) is 6.92 Å². The second-order valence-corrected chi connectivity index (χ2v) is 9.27. The third-order valence-corrected chi connectivity index (χ3v) is 7.74. The quantitative estimate of drug-likeness (QED) is 0.260. The molecular formula is C21H30O9. The highest BCUT2D eigenvalue weighted by atomic mass is 16.7. The van der Waals surface area contributed by atoms with E-state index < -0.39 is 60.9 Å². The molecule has 2 aliphatic carbocycles. The molecule has 0 aromatic rings. The maximum absolute atomic E-state index is 12.1. The standard InChI is InChI=1S/C21H30O9/c1-9-11-5-6-21(2)13(4-3-10(7-22)14(21)18(11)30-19(9)27)29-20-17(26)16(25)15(24)12(8-23)28-20/h7,10-18,20,23-26H,1,3-6,8H2,2H3/t10-,11-,12+,13+,14+,15+,16+,17+,18-,20-,21-/m0/s1. The zero-order valence-corrected chi connectivity index (χ0v) is 16.9. The minimum atomic E-state index is -1.52. The van der Waals surface area contributed by atoms with Crippen LogP contribution in [0.4, 0.5) is 0 Å². The molecule has 2 aliphatic heterocycles. The molecule has 0 aromatic carbocycles. The van der Waals surface area contributed by atoms with Crippen LogP contribution >= 0.6 is 0 Å². The monoisotopic (exact) mass is 426 g/mol. The third-order valence-electron chi connectivity index (χ3n) is 7.74. The van der Waals surface area contributed by atoms with Gasteiger partial charge in [-0.05, 0) is 25.7 Å². The molecule has 4 fully saturated rings. The topological polar surface area (TPSA) is 143 Å². The van der Waals surface area contributed by atoms with Gasteiger partial charge in [-0.1, -0.05) is 13.5 Å². The van der Waals surface area contributed by atoms with Crippen molar-refractivity contribution in [3.05, 3.63) is 12.2 Å². The second-order valence-electron chi connectivity index (χ2n) is 9.27. The van der Waals surface area contributed by atoms with Crippen molar-refractivity contribution in [2.24, 2.45) is 23.2 Å². The number of carbonyl (C=O) groups excluding carboxylic acids is 2. The van der Waals surface area contributed by atoms with Crippen LogP contribution in [-0.4, -0.2) is 82.2 Å². The molecule has 0 unspecified atom stereocenters. The molecule has 2 saturated heterocycles. The lowest BCUT2D eigenvalue weighted by molar-refractivity contribution is -0.328. The van der Waals surface area contributed by atoms with Gasteiger partial charge < -0.3 is 39.4 Å². The Bertz CT molecular complexity index is 709. The fraction of sp³-hybridized carbons (Fsp3) is 0.810. The lowest BCUT2D eigenvalue weighted by Crippen LogP contribution is -2.62. The van der Waals surface area contributed by atoms with E-state index in [0.29, 0.717) is 31.3 Å². The first kappa shape index (κ1) is 21.9. The SMILES string of the molecule is C=C1C(=O)O[C@@H]2[C@H]3[C@H](C=O)CC[C@@H](O[C@@H]4O[C@H](CO)[C@@H](O)[C@@H](O)[C@H]4O)[C@]3(C)CC[C@@H]12. The Kier molecular flexibility index (Phi) is 5.80. The highest BCUT2D eigenvalue weighted by Crippen LogP contribution is 2.58. The average Bonchev–Trinajstić information content (AvgIpc) is 3.02. The number of fused-ring (bicyclic) bond motifs is 3. The lowest BCUT2D eigenvalue weighted by atomic mass is 9.52. The summed E-state index contributed by atoms with van der Waals surface area (Å²) in [6.07, 6.45) is -4.34. The van der Waals surface area contributed by atoms with Crippen molar-refractivity contribution in [2.45, 2.75) is 75.5 Å². The van der Waals surface area contributed by atoms with E-state index in [4.69, 9.17) is 14.2 Å². The number of rotatable bonds is 4. The Morgan fingerprint density at radius 2 is 1.93 bits per heavy atom. The molecule has 0 amide bonds. The second kappa shape index (κ2) is 7.96. The molecule has 4 rings (SSSR count). The van der Waals surface area contributed by atoms with Crippen molar-refractivity contribution in [2.75, 3.05) is 6.61 Å². The first-order valence-electron chi connectivity index (χ1n) is 10.5. The van der Waals surface area contributed by atoms with Crippen molar-refractivity contribution >= 4 is 12.3 Å². The zero-order valence-electron chi connectivity index (χ0n) is 16.9. The predicted molar refractivity (Wildman–Crippen MR) is 101 cm³/mol. The van der Waals surface area contributed by atoms with E-state index in [-0.39, 0.29) is 17.8 Å². The van der Waals surface area contributed by atoms with Crippen LogP contribution < -0.4 is 0 Å². The Morgan fingerprint density at radius 3 is 2.60 bits per heavy atom. The van der Waals surface area contributed by atoms with E-state index >= 15 is 0 Å². The van der Waals surface area contributed by atoms with Crippen LogP contribution in [0.15, 0.2) is 12.2 Å². The van der Waals surface area contributed by atoms with E-state index in [0.717, 1.165) is 6.29 Å². The number of esters is 1. The van der Waals surface area contributed by atoms with Gasteiger partial charge in [-0.15, -0.1) is 0 Å². The number of ether oxygens (including phenoxy) is 3. The van der Waals surface area contributed by atoms with Crippen LogP contribution in [0.2, 0.25) is 0 Å². The first-order valence-corrected chi connectivity index (χ1v) is 10.5. The maximum Gasteiger partial charge on any atom is 0.334 e. The lowest BCUT2D eigenvalue weighted by Gasteiger charge is -2.56. The molecule has 9 heteroatoms. The van der Waals surface area contributed by atoms with Gasteiger partial charge in [-0.2, -0.15) is 0 Å². The molecule has 168 valence electrons. The van der Waals surface area contributed by atoms with Gasteiger partial charge in [0.1, 0.15) is 36.8 Å². The number of aldehydes is 1. The van der Waals surface area contributed by atoms with Crippen LogP contribution in [-0.2, 0) is 23.8 Å². The summed E-state index contributed by atoms with van der Waals surface area (Å²) < 4.78 is 17.3. The largest absolute Gasteiger partial charge is 0.458 e. The Labute approximate surface area is 174 Å². The molecule has 30 heavy (non-hydrogen) atoms. The van der Waals surface area contributed by atoms with Gasteiger partial charge in [0.25, 0.3) is 0 Å².